The molecule has 0 unspecified atom stereocenters. The Balaban J connectivity index is 1.98. The normalized spacial score (nSPS) is 22.4. The standard InChI is InChI=1S/C15H23NO2/c1-11-4-5-14(16-13-8-12(2)9-13)15(10-11)18-7-6-17-3/h4-5,10,12-13,16H,6-9H2,1-3H3. The Morgan fingerprint density at radius 3 is 2.72 bits per heavy atom. The van der Waals surface area contributed by atoms with E-state index in [1.54, 1.807) is 7.11 Å². The van der Waals surface area contributed by atoms with Gasteiger partial charge in [0.2, 0.25) is 0 Å². The molecule has 1 aromatic carbocycles. The third-order valence-electron chi connectivity index (χ3n) is 3.42. The van der Waals surface area contributed by atoms with Crippen molar-refractivity contribution in [2.45, 2.75) is 32.7 Å². The molecule has 0 amide bonds. The van der Waals surface area contributed by atoms with Crippen molar-refractivity contribution in [1.82, 2.24) is 0 Å². The highest BCUT2D eigenvalue weighted by Gasteiger charge is 2.25. The first kappa shape index (κ1) is 13.2. The van der Waals surface area contributed by atoms with Gasteiger partial charge in [-0.05, 0) is 43.4 Å². The Hall–Kier alpha value is -1.22. The lowest BCUT2D eigenvalue weighted by atomic mass is 9.82. The molecule has 3 nitrogen and oxygen atoms in total. The van der Waals surface area contributed by atoms with Crippen molar-refractivity contribution < 1.29 is 9.47 Å². The van der Waals surface area contributed by atoms with Gasteiger partial charge in [-0.15, -0.1) is 0 Å². The lowest BCUT2D eigenvalue weighted by Gasteiger charge is -2.34. The Bertz CT molecular complexity index is 386. The first-order chi connectivity index (χ1) is 8.69. The van der Waals surface area contributed by atoms with Crippen LogP contribution in [-0.4, -0.2) is 26.4 Å². The van der Waals surface area contributed by atoms with Gasteiger partial charge in [0.1, 0.15) is 12.4 Å². The van der Waals surface area contributed by atoms with Gasteiger partial charge in [-0.2, -0.15) is 0 Å². The minimum absolute atomic E-state index is 0.593. The monoisotopic (exact) mass is 249 g/mol. The number of anilines is 1. The molecule has 3 heteroatoms. The fourth-order valence-corrected chi connectivity index (χ4v) is 2.34. The number of benzene rings is 1. The van der Waals surface area contributed by atoms with Crippen molar-refractivity contribution in [2.75, 3.05) is 25.6 Å². The van der Waals surface area contributed by atoms with E-state index in [0.717, 1.165) is 17.4 Å². The van der Waals surface area contributed by atoms with E-state index in [0.29, 0.717) is 19.3 Å². The predicted octanol–water partition coefficient (Wildman–Crippen LogP) is 3.23. The van der Waals surface area contributed by atoms with Gasteiger partial charge in [0.25, 0.3) is 0 Å². The van der Waals surface area contributed by atoms with Gasteiger partial charge < -0.3 is 14.8 Å². The van der Waals surface area contributed by atoms with E-state index >= 15 is 0 Å². The predicted molar refractivity (Wildman–Crippen MR) is 74.4 cm³/mol. The van der Waals surface area contributed by atoms with Gasteiger partial charge in [0.05, 0.1) is 12.3 Å². The lowest BCUT2D eigenvalue weighted by molar-refractivity contribution is 0.146. The molecule has 1 aliphatic carbocycles. The number of aryl methyl sites for hydroxylation is 1. The zero-order chi connectivity index (χ0) is 13.0. The number of nitrogens with one attached hydrogen (secondary N) is 1. The molecule has 0 heterocycles. The van der Waals surface area contributed by atoms with Crippen LogP contribution in [0.15, 0.2) is 18.2 Å². The number of ether oxygens (including phenoxy) is 2. The Morgan fingerprint density at radius 1 is 1.28 bits per heavy atom. The molecule has 1 fully saturated rings. The van der Waals surface area contributed by atoms with E-state index in [9.17, 15) is 0 Å². The SMILES string of the molecule is COCCOc1cc(C)ccc1NC1CC(C)C1. The summed E-state index contributed by atoms with van der Waals surface area (Å²) >= 11 is 0. The van der Waals surface area contributed by atoms with E-state index in [4.69, 9.17) is 9.47 Å². The molecule has 0 bridgehead atoms. The second-order valence-electron chi connectivity index (χ2n) is 5.26. The number of rotatable bonds is 6. The molecule has 1 aliphatic rings. The van der Waals surface area contributed by atoms with E-state index in [-0.39, 0.29) is 0 Å². The van der Waals surface area contributed by atoms with Crippen LogP contribution in [0.4, 0.5) is 5.69 Å². The molecular weight excluding hydrogens is 226 g/mol. The summed E-state index contributed by atoms with van der Waals surface area (Å²) in [5.74, 6) is 1.79. The first-order valence-corrected chi connectivity index (χ1v) is 6.68. The second-order valence-corrected chi connectivity index (χ2v) is 5.26. The average molecular weight is 249 g/mol. The maximum absolute atomic E-state index is 5.77. The molecule has 2 rings (SSSR count). The molecule has 0 radical (unpaired) electrons. The molecule has 1 saturated carbocycles. The van der Waals surface area contributed by atoms with Crippen LogP contribution < -0.4 is 10.1 Å². The third-order valence-corrected chi connectivity index (χ3v) is 3.42. The quantitative estimate of drug-likeness (QED) is 0.785. The molecule has 0 aromatic heterocycles. The van der Waals surface area contributed by atoms with Crippen LogP contribution in [0, 0.1) is 12.8 Å². The summed E-state index contributed by atoms with van der Waals surface area (Å²) in [5, 5.41) is 3.57. The summed E-state index contributed by atoms with van der Waals surface area (Å²) in [6, 6.07) is 6.92. The van der Waals surface area contributed by atoms with Crippen LogP contribution in [0.3, 0.4) is 0 Å². The summed E-state index contributed by atoms with van der Waals surface area (Å²) in [6.45, 7) is 5.59. The molecular formula is C15H23NO2. The van der Waals surface area contributed by atoms with Crippen LogP contribution in [0.25, 0.3) is 0 Å². The highest BCUT2D eigenvalue weighted by molar-refractivity contribution is 5.58. The Morgan fingerprint density at radius 2 is 2.06 bits per heavy atom. The number of methoxy groups -OCH3 is 1. The van der Waals surface area contributed by atoms with Gasteiger partial charge in [-0.1, -0.05) is 13.0 Å². The van der Waals surface area contributed by atoms with Gasteiger partial charge >= 0.3 is 0 Å². The molecule has 0 atom stereocenters. The van der Waals surface area contributed by atoms with Gasteiger partial charge in [0, 0.05) is 13.2 Å². The summed E-state index contributed by atoms with van der Waals surface area (Å²) in [7, 11) is 1.69. The minimum atomic E-state index is 0.593. The van der Waals surface area contributed by atoms with E-state index < -0.39 is 0 Å². The summed E-state index contributed by atoms with van der Waals surface area (Å²) < 4.78 is 10.8. The van der Waals surface area contributed by atoms with Crippen LogP contribution in [0.5, 0.6) is 5.75 Å². The third kappa shape index (κ3) is 3.39. The van der Waals surface area contributed by atoms with Crippen LogP contribution >= 0.6 is 0 Å². The summed E-state index contributed by atoms with van der Waals surface area (Å²) in [4.78, 5) is 0. The average Bonchev–Trinajstić information content (AvgIpc) is 2.30. The Labute approximate surface area is 109 Å². The van der Waals surface area contributed by atoms with Crippen molar-refractivity contribution in [2.24, 2.45) is 5.92 Å². The molecule has 0 aliphatic heterocycles. The van der Waals surface area contributed by atoms with E-state index in [1.807, 2.05) is 0 Å². The second kappa shape index (κ2) is 6.10. The van der Waals surface area contributed by atoms with Gasteiger partial charge in [-0.25, -0.2) is 0 Å². The first-order valence-electron chi connectivity index (χ1n) is 6.68. The van der Waals surface area contributed by atoms with Crippen LogP contribution in [-0.2, 0) is 4.74 Å². The maximum Gasteiger partial charge on any atom is 0.142 e. The molecule has 1 N–H and O–H groups in total. The van der Waals surface area contributed by atoms with Crippen molar-refractivity contribution in [1.29, 1.82) is 0 Å². The molecule has 0 spiro atoms. The topological polar surface area (TPSA) is 30.5 Å². The van der Waals surface area contributed by atoms with Crippen molar-refractivity contribution in [3.05, 3.63) is 23.8 Å². The summed E-state index contributed by atoms with van der Waals surface area (Å²) in [5.41, 5.74) is 2.32. The molecule has 18 heavy (non-hydrogen) atoms. The molecule has 0 saturated heterocycles. The van der Waals surface area contributed by atoms with Gasteiger partial charge in [-0.3, -0.25) is 0 Å². The lowest BCUT2D eigenvalue weighted by Crippen LogP contribution is -2.33. The van der Waals surface area contributed by atoms with Crippen molar-refractivity contribution >= 4 is 5.69 Å². The van der Waals surface area contributed by atoms with Gasteiger partial charge in [0.15, 0.2) is 0 Å². The highest BCUT2D eigenvalue weighted by Crippen LogP contribution is 2.33. The van der Waals surface area contributed by atoms with Crippen molar-refractivity contribution in [3.63, 3.8) is 0 Å². The number of hydrogen-bond donors (Lipinski definition) is 1. The highest BCUT2D eigenvalue weighted by atomic mass is 16.5. The fraction of sp³-hybridized carbons (Fsp3) is 0.600. The molecule has 1 aromatic rings. The maximum atomic E-state index is 5.77. The van der Waals surface area contributed by atoms with E-state index in [2.05, 4.69) is 37.4 Å². The summed E-state index contributed by atoms with van der Waals surface area (Å²) in [6.07, 6.45) is 2.51. The zero-order valence-electron chi connectivity index (χ0n) is 11.5. The van der Waals surface area contributed by atoms with Crippen LogP contribution in [0.2, 0.25) is 0 Å². The minimum Gasteiger partial charge on any atom is -0.489 e. The van der Waals surface area contributed by atoms with Crippen LogP contribution in [0.1, 0.15) is 25.3 Å². The smallest absolute Gasteiger partial charge is 0.142 e. The van der Waals surface area contributed by atoms with E-state index in [1.165, 1.54) is 18.4 Å². The number of hydrogen-bond acceptors (Lipinski definition) is 3. The Kier molecular flexibility index (Phi) is 4.48. The van der Waals surface area contributed by atoms with Crippen molar-refractivity contribution in [3.8, 4) is 5.75 Å². The largest absolute Gasteiger partial charge is 0.489 e. The molecule has 100 valence electrons. The zero-order valence-corrected chi connectivity index (χ0v) is 11.5. The fourth-order valence-electron chi connectivity index (χ4n) is 2.34.